The molecule has 0 unspecified atom stereocenters. The van der Waals surface area contributed by atoms with Gasteiger partial charge in [0, 0.05) is 44.6 Å². The number of benzene rings is 1. The van der Waals surface area contributed by atoms with E-state index >= 15 is 0 Å². The highest BCUT2D eigenvalue weighted by Gasteiger charge is 2.32. The molecule has 1 aliphatic heterocycles. The van der Waals surface area contributed by atoms with Crippen LogP contribution in [-0.4, -0.2) is 57.3 Å². The molecule has 0 atom stereocenters. The monoisotopic (exact) mass is 474 g/mol. The molecule has 1 N–H and O–H groups in total. The van der Waals surface area contributed by atoms with Crippen LogP contribution in [0.3, 0.4) is 0 Å². The molecule has 1 saturated heterocycles. The van der Waals surface area contributed by atoms with E-state index in [0.717, 1.165) is 25.7 Å². The summed E-state index contributed by atoms with van der Waals surface area (Å²) in [7, 11) is 0. The van der Waals surface area contributed by atoms with Crippen molar-refractivity contribution >= 4 is 34.3 Å². The van der Waals surface area contributed by atoms with Gasteiger partial charge in [0.1, 0.15) is 0 Å². The molecule has 2 heterocycles. The van der Waals surface area contributed by atoms with E-state index < -0.39 is 5.69 Å². The first-order valence-electron chi connectivity index (χ1n) is 11.7. The van der Waals surface area contributed by atoms with Crippen molar-refractivity contribution in [2.24, 2.45) is 17.8 Å². The number of hydrogen-bond acceptors (Lipinski definition) is 4. The highest BCUT2D eigenvalue weighted by molar-refractivity contribution is 6.35. The second-order valence-corrected chi connectivity index (χ2v) is 9.94. The molecule has 178 valence electrons. The fourth-order valence-electron chi connectivity index (χ4n) is 5.04. The van der Waals surface area contributed by atoms with Gasteiger partial charge in [0.2, 0.25) is 11.8 Å². The van der Waals surface area contributed by atoms with Crippen molar-refractivity contribution in [1.82, 2.24) is 19.4 Å². The predicted octanol–water partition coefficient (Wildman–Crippen LogP) is 2.48. The van der Waals surface area contributed by atoms with Gasteiger partial charge < -0.3 is 14.8 Å². The highest BCUT2D eigenvalue weighted by atomic mass is 35.5. The number of carbonyl (C=O) groups excluding carboxylic acids is 2. The van der Waals surface area contributed by atoms with E-state index in [4.69, 9.17) is 11.6 Å². The lowest BCUT2D eigenvalue weighted by molar-refractivity contribution is -0.144. The number of aromatic nitrogens is 2. The maximum absolute atomic E-state index is 13.0. The third-order valence-electron chi connectivity index (χ3n) is 6.99. The SMILES string of the molecule is CC(C)C(=O)N1CCN(C(=O)C2CCC(Cn3c(=O)[nH]c4cccc(Cl)c4c3=O)CC2)CC1. The minimum Gasteiger partial charge on any atom is -0.339 e. The Bertz CT molecular complexity index is 1160. The van der Waals surface area contributed by atoms with Gasteiger partial charge in [-0.25, -0.2) is 4.79 Å². The van der Waals surface area contributed by atoms with Crippen molar-refractivity contribution in [3.05, 3.63) is 44.1 Å². The quantitative estimate of drug-likeness (QED) is 0.736. The summed E-state index contributed by atoms with van der Waals surface area (Å²) in [6.45, 7) is 6.47. The van der Waals surface area contributed by atoms with Crippen LogP contribution in [0.2, 0.25) is 5.02 Å². The molecule has 1 aliphatic carbocycles. The zero-order valence-corrected chi connectivity index (χ0v) is 19.9. The summed E-state index contributed by atoms with van der Waals surface area (Å²) in [4.78, 5) is 57.1. The number of rotatable bonds is 4. The van der Waals surface area contributed by atoms with Crippen molar-refractivity contribution in [1.29, 1.82) is 0 Å². The predicted molar refractivity (Wildman–Crippen MR) is 127 cm³/mol. The normalized spacial score (nSPS) is 21.6. The standard InChI is InChI=1S/C24H31ClN4O4/c1-15(2)21(30)27-10-12-28(13-11-27)22(31)17-8-6-16(7-9-17)14-29-23(32)20-18(25)4-3-5-19(20)26-24(29)33/h3-5,15-17H,6-14H2,1-2H3,(H,26,33). The number of nitrogens with zero attached hydrogens (tertiary/aromatic N) is 3. The van der Waals surface area contributed by atoms with E-state index in [1.807, 2.05) is 23.6 Å². The van der Waals surface area contributed by atoms with E-state index in [0.29, 0.717) is 48.6 Å². The smallest absolute Gasteiger partial charge is 0.328 e. The van der Waals surface area contributed by atoms with Crippen molar-refractivity contribution in [3.63, 3.8) is 0 Å². The first kappa shape index (κ1) is 23.5. The van der Waals surface area contributed by atoms with E-state index in [-0.39, 0.29) is 35.1 Å². The van der Waals surface area contributed by atoms with Gasteiger partial charge >= 0.3 is 5.69 Å². The molecular formula is C24H31ClN4O4. The van der Waals surface area contributed by atoms with Gasteiger partial charge in [-0.05, 0) is 43.7 Å². The van der Waals surface area contributed by atoms with Crippen LogP contribution < -0.4 is 11.2 Å². The Labute approximate surface area is 197 Å². The lowest BCUT2D eigenvalue weighted by Gasteiger charge is -2.38. The molecular weight excluding hydrogens is 444 g/mol. The number of fused-ring (bicyclic) bond motifs is 1. The molecule has 2 aliphatic rings. The molecule has 33 heavy (non-hydrogen) atoms. The first-order chi connectivity index (χ1) is 15.8. The summed E-state index contributed by atoms with van der Waals surface area (Å²) >= 11 is 6.20. The number of carbonyl (C=O) groups is 2. The number of hydrogen-bond donors (Lipinski definition) is 1. The van der Waals surface area contributed by atoms with Gasteiger partial charge in [-0.3, -0.25) is 19.0 Å². The number of aromatic amines is 1. The Morgan fingerprint density at radius 3 is 2.30 bits per heavy atom. The summed E-state index contributed by atoms with van der Waals surface area (Å²) in [6.07, 6.45) is 3.06. The van der Waals surface area contributed by atoms with Gasteiger partial charge in [-0.2, -0.15) is 0 Å². The van der Waals surface area contributed by atoms with Gasteiger partial charge in [0.25, 0.3) is 5.56 Å². The number of halogens is 1. The van der Waals surface area contributed by atoms with Gasteiger partial charge in [-0.15, -0.1) is 0 Å². The van der Waals surface area contributed by atoms with Crippen molar-refractivity contribution in [3.8, 4) is 0 Å². The lowest BCUT2D eigenvalue weighted by Crippen LogP contribution is -2.53. The number of piperazine rings is 1. The third kappa shape index (κ3) is 4.86. The second kappa shape index (κ2) is 9.71. The van der Waals surface area contributed by atoms with Crippen LogP contribution in [0.15, 0.2) is 27.8 Å². The molecule has 1 saturated carbocycles. The minimum atomic E-state index is -0.429. The van der Waals surface area contributed by atoms with Gasteiger partial charge in [0.15, 0.2) is 0 Å². The molecule has 9 heteroatoms. The first-order valence-corrected chi connectivity index (χ1v) is 12.1. The summed E-state index contributed by atoms with van der Waals surface area (Å²) < 4.78 is 1.24. The lowest BCUT2D eigenvalue weighted by atomic mass is 9.81. The average molecular weight is 475 g/mol. The fourth-order valence-corrected chi connectivity index (χ4v) is 5.30. The molecule has 2 amide bonds. The minimum absolute atomic E-state index is 0.0269. The molecule has 8 nitrogen and oxygen atoms in total. The maximum atomic E-state index is 13.0. The van der Waals surface area contributed by atoms with Crippen molar-refractivity contribution in [2.75, 3.05) is 26.2 Å². The van der Waals surface area contributed by atoms with E-state index in [1.54, 1.807) is 18.2 Å². The topological polar surface area (TPSA) is 95.5 Å². The van der Waals surface area contributed by atoms with E-state index in [2.05, 4.69) is 4.98 Å². The Balaban J connectivity index is 1.35. The van der Waals surface area contributed by atoms with Crippen LogP contribution in [0, 0.1) is 17.8 Å². The number of nitrogens with one attached hydrogen (secondary N) is 1. The van der Waals surface area contributed by atoms with Crippen LogP contribution in [0.5, 0.6) is 0 Å². The van der Waals surface area contributed by atoms with Crippen LogP contribution in [0.4, 0.5) is 0 Å². The second-order valence-electron chi connectivity index (χ2n) is 9.53. The third-order valence-corrected chi connectivity index (χ3v) is 7.31. The zero-order chi connectivity index (χ0) is 23.7. The van der Waals surface area contributed by atoms with E-state index in [1.165, 1.54) is 4.57 Å². The molecule has 0 radical (unpaired) electrons. The Morgan fingerprint density at radius 2 is 1.67 bits per heavy atom. The largest absolute Gasteiger partial charge is 0.339 e. The van der Waals surface area contributed by atoms with Gasteiger partial charge in [-0.1, -0.05) is 31.5 Å². The van der Waals surface area contributed by atoms with Crippen molar-refractivity contribution < 1.29 is 9.59 Å². The summed E-state index contributed by atoms with van der Waals surface area (Å²) in [5.74, 6) is 0.407. The van der Waals surface area contributed by atoms with Crippen LogP contribution >= 0.6 is 11.6 Å². The van der Waals surface area contributed by atoms with Gasteiger partial charge in [0.05, 0.1) is 15.9 Å². The Morgan fingerprint density at radius 1 is 1.03 bits per heavy atom. The molecule has 2 aromatic rings. The average Bonchev–Trinajstić information content (AvgIpc) is 2.81. The van der Waals surface area contributed by atoms with Crippen LogP contribution in [0.25, 0.3) is 10.9 Å². The molecule has 4 rings (SSSR count). The number of amides is 2. The molecule has 1 aromatic carbocycles. The Hall–Kier alpha value is -2.61. The number of H-pyrrole nitrogens is 1. The molecule has 0 spiro atoms. The zero-order valence-electron chi connectivity index (χ0n) is 19.2. The maximum Gasteiger partial charge on any atom is 0.328 e. The highest BCUT2D eigenvalue weighted by Crippen LogP contribution is 2.31. The molecule has 2 fully saturated rings. The fraction of sp³-hybridized carbons (Fsp3) is 0.583. The summed E-state index contributed by atoms with van der Waals surface area (Å²) in [5.41, 5.74) is -0.355. The van der Waals surface area contributed by atoms with Crippen LogP contribution in [0.1, 0.15) is 39.5 Å². The summed E-state index contributed by atoms with van der Waals surface area (Å²) in [6, 6.07) is 5.01. The molecule has 0 bridgehead atoms. The Kier molecular flexibility index (Phi) is 6.93. The van der Waals surface area contributed by atoms with E-state index in [9.17, 15) is 19.2 Å². The van der Waals surface area contributed by atoms with Crippen molar-refractivity contribution in [2.45, 2.75) is 46.1 Å². The van der Waals surface area contributed by atoms with Crippen LogP contribution in [-0.2, 0) is 16.1 Å². The molecule has 1 aromatic heterocycles. The summed E-state index contributed by atoms with van der Waals surface area (Å²) in [5, 5.41) is 0.657.